The first kappa shape index (κ1) is 15.2. The van der Waals surface area contributed by atoms with Crippen LogP contribution in [-0.2, 0) is 27.4 Å². The number of hydrogen-bond acceptors (Lipinski definition) is 3. The van der Waals surface area contributed by atoms with Gasteiger partial charge in [0, 0.05) is 20.7 Å². The predicted octanol–water partition coefficient (Wildman–Crippen LogP) is 1.31. The van der Waals surface area contributed by atoms with Gasteiger partial charge in [-0.3, -0.25) is 9.59 Å². The van der Waals surface area contributed by atoms with Gasteiger partial charge in [-0.1, -0.05) is 24.3 Å². The number of carboxylic acid groups (broad SMARTS) is 1. The van der Waals surface area contributed by atoms with Crippen molar-refractivity contribution in [3.63, 3.8) is 0 Å². The van der Waals surface area contributed by atoms with E-state index in [0.717, 1.165) is 11.1 Å². The highest BCUT2D eigenvalue weighted by molar-refractivity contribution is 5.79. The van der Waals surface area contributed by atoms with Crippen LogP contribution in [0, 0.1) is 0 Å². The zero-order chi connectivity index (χ0) is 14.3. The van der Waals surface area contributed by atoms with Crippen molar-refractivity contribution >= 4 is 11.9 Å². The fourth-order valence-corrected chi connectivity index (χ4v) is 1.69. The first-order chi connectivity index (χ1) is 9.02. The monoisotopic (exact) mass is 265 g/mol. The van der Waals surface area contributed by atoms with Gasteiger partial charge in [0.25, 0.3) is 0 Å². The lowest BCUT2D eigenvalue weighted by Crippen LogP contribution is -2.30. The minimum atomic E-state index is -0.901. The van der Waals surface area contributed by atoms with E-state index >= 15 is 0 Å². The third kappa shape index (κ3) is 5.52. The molecule has 1 aromatic rings. The lowest BCUT2D eigenvalue weighted by Gasteiger charge is -2.16. The quantitative estimate of drug-likeness (QED) is 0.807. The number of carbonyl (C=O) groups is 2. The molecule has 1 rings (SSSR count). The van der Waals surface area contributed by atoms with Gasteiger partial charge in [0.15, 0.2) is 0 Å². The molecule has 0 spiro atoms. The topological polar surface area (TPSA) is 66.8 Å². The second kappa shape index (κ2) is 7.53. The lowest BCUT2D eigenvalue weighted by atomic mass is 10.1. The van der Waals surface area contributed by atoms with Crippen molar-refractivity contribution in [2.24, 2.45) is 0 Å². The fourth-order valence-electron chi connectivity index (χ4n) is 1.69. The molecule has 104 valence electrons. The average Bonchev–Trinajstić information content (AvgIpc) is 2.36. The molecule has 0 aliphatic rings. The van der Waals surface area contributed by atoms with E-state index in [1.165, 1.54) is 4.90 Å². The van der Waals surface area contributed by atoms with Gasteiger partial charge in [0.2, 0.25) is 5.91 Å². The summed E-state index contributed by atoms with van der Waals surface area (Å²) in [7, 11) is 3.24. The molecule has 1 aromatic carbocycles. The van der Waals surface area contributed by atoms with E-state index in [1.54, 1.807) is 14.2 Å². The molecule has 0 saturated heterocycles. The van der Waals surface area contributed by atoms with E-state index in [-0.39, 0.29) is 25.3 Å². The molecule has 0 bridgehead atoms. The van der Waals surface area contributed by atoms with Crippen molar-refractivity contribution in [3.8, 4) is 0 Å². The number of hydrogen-bond donors (Lipinski definition) is 1. The molecule has 0 fully saturated rings. The predicted molar refractivity (Wildman–Crippen MR) is 70.7 cm³/mol. The van der Waals surface area contributed by atoms with E-state index in [1.807, 2.05) is 24.3 Å². The molecule has 1 N–H and O–H groups in total. The maximum atomic E-state index is 11.9. The van der Waals surface area contributed by atoms with Crippen molar-refractivity contribution < 1.29 is 19.4 Å². The number of methoxy groups -OCH3 is 1. The Morgan fingerprint density at radius 3 is 2.63 bits per heavy atom. The molecule has 1 amide bonds. The van der Waals surface area contributed by atoms with Crippen LogP contribution in [0.4, 0.5) is 0 Å². The maximum Gasteiger partial charge on any atom is 0.305 e. The van der Waals surface area contributed by atoms with Crippen LogP contribution in [0.3, 0.4) is 0 Å². The number of nitrogens with zero attached hydrogens (tertiary/aromatic N) is 1. The highest BCUT2D eigenvalue weighted by Gasteiger charge is 2.11. The van der Waals surface area contributed by atoms with Crippen LogP contribution in [-0.4, -0.2) is 42.6 Å². The second-order valence-corrected chi connectivity index (χ2v) is 4.39. The summed E-state index contributed by atoms with van der Waals surface area (Å²) in [5.74, 6) is -0.988. The molecule has 0 saturated carbocycles. The van der Waals surface area contributed by atoms with E-state index in [4.69, 9.17) is 9.84 Å². The maximum absolute atomic E-state index is 11.9. The molecule has 0 atom stereocenters. The Labute approximate surface area is 112 Å². The van der Waals surface area contributed by atoms with Crippen molar-refractivity contribution in [2.45, 2.75) is 19.4 Å². The van der Waals surface area contributed by atoms with Crippen LogP contribution >= 0.6 is 0 Å². The lowest BCUT2D eigenvalue weighted by molar-refractivity contribution is -0.138. The Bertz CT molecular complexity index is 445. The Balaban J connectivity index is 2.55. The fraction of sp³-hybridized carbons (Fsp3) is 0.429. The SMILES string of the molecule is COCc1cccc(CC(=O)N(C)CCC(=O)O)c1. The highest BCUT2D eigenvalue weighted by atomic mass is 16.5. The largest absolute Gasteiger partial charge is 0.481 e. The molecule has 19 heavy (non-hydrogen) atoms. The number of carboxylic acids is 1. The van der Waals surface area contributed by atoms with Gasteiger partial charge in [-0.25, -0.2) is 0 Å². The van der Waals surface area contributed by atoms with E-state index in [0.29, 0.717) is 6.61 Å². The first-order valence-corrected chi connectivity index (χ1v) is 6.05. The van der Waals surface area contributed by atoms with Gasteiger partial charge in [-0.05, 0) is 11.1 Å². The van der Waals surface area contributed by atoms with Crippen molar-refractivity contribution in [1.82, 2.24) is 4.90 Å². The zero-order valence-corrected chi connectivity index (χ0v) is 11.3. The second-order valence-electron chi connectivity index (χ2n) is 4.39. The number of ether oxygens (including phenoxy) is 1. The van der Waals surface area contributed by atoms with Crippen molar-refractivity contribution in [1.29, 1.82) is 0 Å². The Hall–Kier alpha value is -1.88. The number of likely N-dealkylation sites (N-methyl/N-ethyl adjacent to an activating group) is 1. The average molecular weight is 265 g/mol. The van der Waals surface area contributed by atoms with Crippen LogP contribution in [0.1, 0.15) is 17.5 Å². The smallest absolute Gasteiger partial charge is 0.305 e. The van der Waals surface area contributed by atoms with Crippen molar-refractivity contribution in [3.05, 3.63) is 35.4 Å². The molecule has 0 aliphatic heterocycles. The number of rotatable bonds is 7. The van der Waals surface area contributed by atoms with Gasteiger partial charge >= 0.3 is 5.97 Å². The molecule has 5 heteroatoms. The molecular formula is C14H19NO4. The summed E-state index contributed by atoms with van der Waals surface area (Å²) < 4.78 is 5.04. The molecule has 0 heterocycles. The van der Waals surface area contributed by atoms with E-state index < -0.39 is 5.97 Å². The molecular weight excluding hydrogens is 246 g/mol. The summed E-state index contributed by atoms with van der Waals surface area (Å²) >= 11 is 0. The normalized spacial score (nSPS) is 10.2. The van der Waals surface area contributed by atoms with Crippen LogP contribution in [0.15, 0.2) is 24.3 Å². The van der Waals surface area contributed by atoms with Crippen LogP contribution in [0.25, 0.3) is 0 Å². The summed E-state index contributed by atoms with van der Waals surface area (Å²) in [5.41, 5.74) is 1.92. The molecule has 0 unspecified atom stereocenters. The van der Waals surface area contributed by atoms with Crippen LogP contribution < -0.4 is 0 Å². The number of carbonyl (C=O) groups excluding carboxylic acids is 1. The summed E-state index contributed by atoms with van der Waals surface area (Å²) in [6.07, 6.45) is 0.236. The third-order valence-corrected chi connectivity index (χ3v) is 2.74. The standard InChI is InChI=1S/C14H19NO4/c1-15(7-6-14(17)18)13(16)9-11-4-3-5-12(8-11)10-19-2/h3-5,8H,6-7,9-10H2,1-2H3,(H,17,18). The van der Waals surface area contributed by atoms with Gasteiger partial charge in [0.05, 0.1) is 19.4 Å². The Morgan fingerprint density at radius 2 is 2.00 bits per heavy atom. The minimum Gasteiger partial charge on any atom is -0.481 e. The van der Waals surface area contributed by atoms with E-state index in [2.05, 4.69) is 0 Å². The van der Waals surface area contributed by atoms with Gasteiger partial charge in [-0.15, -0.1) is 0 Å². The van der Waals surface area contributed by atoms with Crippen molar-refractivity contribution in [2.75, 3.05) is 20.7 Å². The molecule has 5 nitrogen and oxygen atoms in total. The molecule has 0 aliphatic carbocycles. The number of benzene rings is 1. The highest BCUT2D eigenvalue weighted by Crippen LogP contribution is 2.08. The Kier molecular flexibility index (Phi) is 6.02. The number of aliphatic carboxylic acids is 1. The number of amides is 1. The van der Waals surface area contributed by atoms with Gasteiger partial charge in [-0.2, -0.15) is 0 Å². The van der Waals surface area contributed by atoms with Gasteiger partial charge in [0.1, 0.15) is 0 Å². The summed E-state index contributed by atoms with van der Waals surface area (Å²) in [5, 5.41) is 8.58. The Morgan fingerprint density at radius 1 is 1.32 bits per heavy atom. The molecule has 0 radical (unpaired) electrons. The minimum absolute atomic E-state index is 0.0358. The first-order valence-electron chi connectivity index (χ1n) is 6.05. The summed E-state index contributed by atoms with van der Waals surface area (Å²) in [4.78, 5) is 23.8. The summed E-state index contributed by atoms with van der Waals surface area (Å²) in [6, 6.07) is 7.62. The van der Waals surface area contributed by atoms with Crippen LogP contribution in [0.2, 0.25) is 0 Å². The third-order valence-electron chi connectivity index (χ3n) is 2.74. The molecule has 0 aromatic heterocycles. The zero-order valence-electron chi connectivity index (χ0n) is 11.3. The summed E-state index contributed by atoms with van der Waals surface area (Å²) in [6.45, 7) is 0.739. The van der Waals surface area contributed by atoms with Crippen LogP contribution in [0.5, 0.6) is 0 Å². The van der Waals surface area contributed by atoms with E-state index in [9.17, 15) is 9.59 Å². The van der Waals surface area contributed by atoms with Gasteiger partial charge < -0.3 is 14.7 Å².